The fraction of sp³-hybridized carbons (Fsp3) is 0.333. The van der Waals surface area contributed by atoms with Gasteiger partial charge in [-0.2, -0.15) is 13.2 Å². The molecule has 0 bridgehead atoms. The Balaban J connectivity index is 2.26. The summed E-state index contributed by atoms with van der Waals surface area (Å²) in [5.41, 5.74) is -0.926. The van der Waals surface area contributed by atoms with Crippen molar-refractivity contribution in [2.45, 2.75) is 32.5 Å². The summed E-state index contributed by atoms with van der Waals surface area (Å²) in [7, 11) is 0. The Kier molecular flexibility index (Phi) is 5.94. The number of fused-ring (bicyclic) bond motifs is 1. The third-order valence-corrected chi connectivity index (χ3v) is 5.05. The van der Waals surface area contributed by atoms with Gasteiger partial charge >= 0.3 is 6.18 Å². The molecule has 0 saturated heterocycles. The number of ether oxygens (including phenoxy) is 1. The second kappa shape index (κ2) is 8.14. The zero-order chi connectivity index (χ0) is 22.1. The maximum atomic E-state index is 13.4. The zero-order valence-electron chi connectivity index (χ0n) is 16.8. The van der Waals surface area contributed by atoms with Gasteiger partial charge < -0.3 is 15.4 Å². The minimum absolute atomic E-state index is 0.186. The minimum Gasteiger partial charge on any atom is -0.483 e. The van der Waals surface area contributed by atoms with Gasteiger partial charge in [0, 0.05) is 36.5 Å². The number of halogens is 3. The number of hydrogen-bond donors (Lipinski definition) is 2. The predicted molar refractivity (Wildman–Crippen MR) is 113 cm³/mol. The van der Waals surface area contributed by atoms with Gasteiger partial charge in [-0.15, -0.1) is 0 Å². The Hall–Kier alpha value is -2.81. The van der Waals surface area contributed by atoms with E-state index in [0.717, 1.165) is 12.1 Å². The van der Waals surface area contributed by atoms with E-state index in [0.29, 0.717) is 22.9 Å². The van der Waals surface area contributed by atoms with Gasteiger partial charge in [0.2, 0.25) is 0 Å². The molecule has 0 fully saturated rings. The fourth-order valence-electron chi connectivity index (χ4n) is 3.34. The lowest BCUT2D eigenvalue weighted by Gasteiger charge is -2.38. The summed E-state index contributed by atoms with van der Waals surface area (Å²) in [6, 6.07) is 7.87. The molecule has 0 atom stereocenters. The third-order valence-electron chi connectivity index (χ3n) is 4.77. The molecular formula is C21H22F3N3O2S. The van der Waals surface area contributed by atoms with Crippen molar-refractivity contribution < 1.29 is 17.9 Å². The van der Waals surface area contributed by atoms with Crippen LogP contribution >= 0.6 is 12.2 Å². The van der Waals surface area contributed by atoms with Crippen LogP contribution in [0.15, 0.2) is 53.0 Å². The second-order valence-corrected chi connectivity index (χ2v) is 7.68. The van der Waals surface area contributed by atoms with Crippen molar-refractivity contribution >= 4 is 23.0 Å². The van der Waals surface area contributed by atoms with Gasteiger partial charge in [-0.25, -0.2) is 0 Å². The zero-order valence-corrected chi connectivity index (χ0v) is 17.6. The topological polar surface area (TPSA) is 55.3 Å². The summed E-state index contributed by atoms with van der Waals surface area (Å²) in [6.45, 7) is 6.30. The Morgan fingerprint density at radius 2 is 1.93 bits per heavy atom. The summed E-state index contributed by atoms with van der Waals surface area (Å²) in [5.74, 6) is 0.275. The lowest BCUT2D eigenvalue weighted by molar-refractivity contribution is -0.137. The van der Waals surface area contributed by atoms with Crippen LogP contribution in [0.1, 0.15) is 31.9 Å². The van der Waals surface area contributed by atoms with E-state index in [1.54, 1.807) is 26.0 Å². The number of pyridine rings is 1. The molecule has 0 aliphatic carbocycles. The van der Waals surface area contributed by atoms with Gasteiger partial charge in [0.15, 0.2) is 5.11 Å². The molecule has 1 aromatic heterocycles. The van der Waals surface area contributed by atoms with E-state index in [9.17, 15) is 18.0 Å². The van der Waals surface area contributed by atoms with Crippen molar-refractivity contribution in [3.63, 3.8) is 0 Å². The van der Waals surface area contributed by atoms with Crippen LogP contribution in [0, 0.1) is 0 Å². The average Bonchev–Trinajstić information content (AvgIpc) is 2.65. The van der Waals surface area contributed by atoms with Crippen molar-refractivity contribution in [2.24, 2.45) is 0 Å². The molecule has 30 heavy (non-hydrogen) atoms. The van der Waals surface area contributed by atoms with Gasteiger partial charge in [0.05, 0.1) is 11.3 Å². The molecule has 9 heteroatoms. The number of nitrogens with one attached hydrogen (secondary N) is 2. The lowest BCUT2D eigenvalue weighted by atomic mass is 9.88. The maximum absolute atomic E-state index is 13.4. The first-order valence-electron chi connectivity index (χ1n) is 9.38. The number of aromatic nitrogens is 1. The number of hydrogen-bond acceptors (Lipinski definition) is 3. The number of benzene rings is 1. The van der Waals surface area contributed by atoms with E-state index in [1.165, 1.54) is 22.9 Å². The molecule has 160 valence electrons. The highest BCUT2D eigenvalue weighted by atomic mass is 32.1. The molecule has 3 rings (SSSR count). The van der Waals surface area contributed by atoms with Crippen LogP contribution in [0.4, 0.5) is 13.2 Å². The molecule has 2 aromatic rings. The first kappa shape index (κ1) is 21.9. The largest absolute Gasteiger partial charge is 0.483 e. The van der Waals surface area contributed by atoms with Crippen molar-refractivity contribution in [1.82, 2.24) is 15.2 Å². The Morgan fingerprint density at radius 3 is 2.57 bits per heavy atom. The molecule has 0 saturated carbocycles. The number of rotatable bonds is 4. The number of nitrogens with zero attached hydrogens (tertiary/aromatic N) is 1. The summed E-state index contributed by atoms with van der Waals surface area (Å²) in [6.07, 6.45) is -2.99. The molecule has 5 nitrogen and oxygen atoms in total. The van der Waals surface area contributed by atoms with Crippen molar-refractivity contribution in [1.29, 1.82) is 0 Å². The molecule has 2 heterocycles. The van der Waals surface area contributed by atoms with Crippen LogP contribution < -0.4 is 20.9 Å². The Labute approximate surface area is 177 Å². The average molecular weight is 437 g/mol. The first-order chi connectivity index (χ1) is 14.0. The Bertz CT molecular complexity index is 1060. The van der Waals surface area contributed by atoms with Crippen LogP contribution in [0.5, 0.6) is 5.75 Å². The van der Waals surface area contributed by atoms with E-state index in [2.05, 4.69) is 10.6 Å². The first-order valence-corrected chi connectivity index (χ1v) is 9.79. The van der Waals surface area contributed by atoms with Crippen molar-refractivity contribution in [3.8, 4) is 5.75 Å². The molecular weight excluding hydrogens is 415 g/mol. The maximum Gasteiger partial charge on any atom is 0.416 e. The van der Waals surface area contributed by atoms with Crippen LogP contribution in [0.3, 0.4) is 0 Å². The third kappa shape index (κ3) is 4.35. The smallest absolute Gasteiger partial charge is 0.416 e. The van der Waals surface area contributed by atoms with Gasteiger partial charge in [-0.1, -0.05) is 6.07 Å². The highest BCUT2D eigenvalue weighted by Gasteiger charge is 2.38. The predicted octanol–water partition coefficient (Wildman–Crippen LogP) is 3.78. The van der Waals surface area contributed by atoms with E-state index < -0.39 is 17.3 Å². The number of alkyl halides is 3. The molecule has 0 spiro atoms. The monoisotopic (exact) mass is 437 g/mol. The molecule has 0 unspecified atom stereocenters. The molecule has 2 N–H and O–H groups in total. The molecule has 1 aromatic carbocycles. The van der Waals surface area contributed by atoms with Crippen LogP contribution in [-0.2, 0) is 6.18 Å². The molecule has 0 radical (unpaired) electrons. The van der Waals surface area contributed by atoms with Gasteiger partial charge in [-0.3, -0.25) is 9.36 Å². The highest BCUT2D eigenvalue weighted by molar-refractivity contribution is 7.80. The van der Waals surface area contributed by atoms with Gasteiger partial charge in [-0.05, 0) is 57.3 Å². The second-order valence-electron chi connectivity index (χ2n) is 7.27. The standard InChI is InChI=1S/C21H22F3N3O2S/c1-4-25-19(30)26-12-15-18(27-10-6-5-7-17(27)28)14-11-13(21(22,23)24)8-9-16(14)29-20(15,2)3/h5-11H,4,12H2,1-3H3,(H2,25,26,30). The quantitative estimate of drug-likeness (QED) is 0.713. The fourth-order valence-corrected chi connectivity index (χ4v) is 3.56. The minimum atomic E-state index is -4.53. The van der Waals surface area contributed by atoms with Gasteiger partial charge in [0.25, 0.3) is 5.56 Å². The van der Waals surface area contributed by atoms with Crippen molar-refractivity contribution in [2.75, 3.05) is 13.1 Å². The van der Waals surface area contributed by atoms with E-state index in [4.69, 9.17) is 17.0 Å². The summed E-state index contributed by atoms with van der Waals surface area (Å²) >= 11 is 5.22. The molecule has 0 amide bonds. The van der Waals surface area contributed by atoms with Gasteiger partial charge in [0.1, 0.15) is 11.4 Å². The summed E-state index contributed by atoms with van der Waals surface area (Å²) in [4.78, 5) is 12.6. The van der Waals surface area contributed by atoms with E-state index in [1.807, 2.05) is 6.92 Å². The summed E-state index contributed by atoms with van der Waals surface area (Å²) < 4.78 is 47.6. The van der Waals surface area contributed by atoms with Crippen molar-refractivity contribution in [3.05, 3.63) is 69.6 Å². The number of thiocarbonyl (C=S) groups is 1. The Morgan fingerprint density at radius 1 is 1.20 bits per heavy atom. The van der Waals surface area contributed by atoms with Crippen LogP contribution in [0.2, 0.25) is 0 Å². The van der Waals surface area contributed by atoms with E-state index >= 15 is 0 Å². The normalized spacial score (nSPS) is 15.3. The lowest BCUT2D eigenvalue weighted by Crippen LogP contribution is -2.44. The SMILES string of the molecule is CCNC(=S)NCC1=C(n2ccccc2=O)c2cc(C(F)(F)F)ccc2OC1(C)C. The van der Waals surface area contributed by atoms with E-state index in [-0.39, 0.29) is 23.4 Å². The highest BCUT2D eigenvalue weighted by Crippen LogP contribution is 2.43. The summed E-state index contributed by atoms with van der Waals surface area (Å²) in [5, 5.41) is 6.41. The van der Waals surface area contributed by atoms with Crippen LogP contribution in [0.25, 0.3) is 5.70 Å². The van der Waals surface area contributed by atoms with Crippen LogP contribution in [-0.4, -0.2) is 28.4 Å². The molecule has 1 aliphatic rings. The molecule has 1 aliphatic heterocycles.